The van der Waals surface area contributed by atoms with Crippen molar-refractivity contribution in [1.29, 1.82) is 0 Å². The van der Waals surface area contributed by atoms with E-state index >= 15 is 0 Å². The van der Waals surface area contributed by atoms with Crippen LogP contribution in [-0.2, 0) is 4.84 Å². The Morgan fingerprint density at radius 1 is 1.10 bits per heavy atom. The van der Waals surface area contributed by atoms with Crippen molar-refractivity contribution < 1.29 is 23.6 Å². The minimum Gasteiger partial charge on any atom is -0.466 e. The summed E-state index contributed by atoms with van der Waals surface area (Å²) in [7, 11) is 0. The van der Waals surface area contributed by atoms with Gasteiger partial charge in [-0.25, -0.2) is 4.79 Å². The summed E-state index contributed by atoms with van der Waals surface area (Å²) in [6.07, 6.45) is 0. The van der Waals surface area contributed by atoms with Gasteiger partial charge in [0.25, 0.3) is 11.8 Å². The van der Waals surface area contributed by atoms with Crippen LogP contribution in [0.1, 0.15) is 42.6 Å². The fraction of sp³-hybridized carbons (Fsp3) is 0.133. The Labute approximate surface area is 119 Å². The molecule has 6 heteroatoms. The van der Waals surface area contributed by atoms with Crippen LogP contribution in [0.25, 0.3) is 0 Å². The van der Waals surface area contributed by atoms with Crippen molar-refractivity contribution in [2.45, 2.75) is 13.8 Å². The van der Waals surface area contributed by atoms with Crippen molar-refractivity contribution in [1.82, 2.24) is 5.06 Å². The topological polar surface area (TPSA) is 76.8 Å². The summed E-state index contributed by atoms with van der Waals surface area (Å²) in [4.78, 5) is 41.1. The minimum atomic E-state index is -0.807. The molecule has 0 aliphatic carbocycles. The van der Waals surface area contributed by atoms with E-state index in [0.717, 1.165) is 0 Å². The van der Waals surface area contributed by atoms with E-state index in [1.807, 2.05) is 0 Å². The van der Waals surface area contributed by atoms with E-state index in [9.17, 15) is 14.4 Å². The highest BCUT2D eigenvalue weighted by atomic mass is 16.7. The number of imide groups is 1. The number of amides is 2. The number of fused-ring (bicyclic) bond motifs is 1. The van der Waals surface area contributed by atoms with E-state index in [1.54, 1.807) is 26.0 Å². The highest BCUT2D eigenvalue weighted by molar-refractivity contribution is 6.21. The van der Waals surface area contributed by atoms with Crippen molar-refractivity contribution in [2.24, 2.45) is 0 Å². The first-order valence-corrected chi connectivity index (χ1v) is 6.26. The van der Waals surface area contributed by atoms with Crippen LogP contribution in [0, 0.1) is 13.8 Å². The summed E-state index contributed by atoms with van der Waals surface area (Å²) in [5.41, 5.74) is 0.620. The van der Waals surface area contributed by atoms with Gasteiger partial charge >= 0.3 is 5.97 Å². The van der Waals surface area contributed by atoms with Gasteiger partial charge in [-0.15, -0.1) is 0 Å². The van der Waals surface area contributed by atoms with Gasteiger partial charge in [-0.05, 0) is 32.0 Å². The molecule has 1 aromatic carbocycles. The molecule has 1 aromatic heterocycles. The Kier molecular flexibility index (Phi) is 2.86. The predicted octanol–water partition coefficient (Wildman–Crippen LogP) is 2.26. The number of furan rings is 1. The van der Waals surface area contributed by atoms with Gasteiger partial charge in [0.1, 0.15) is 17.1 Å². The molecule has 1 aliphatic rings. The van der Waals surface area contributed by atoms with Crippen molar-refractivity contribution in [3.8, 4) is 0 Å². The quantitative estimate of drug-likeness (QED) is 0.791. The fourth-order valence-corrected chi connectivity index (χ4v) is 2.22. The molecule has 0 unspecified atom stereocenters. The molecule has 2 aromatic rings. The van der Waals surface area contributed by atoms with Crippen LogP contribution in [0.5, 0.6) is 0 Å². The monoisotopic (exact) mass is 285 g/mol. The first-order chi connectivity index (χ1) is 9.99. The minimum absolute atomic E-state index is 0.184. The molecule has 0 fully saturated rings. The largest absolute Gasteiger partial charge is 0.466 e. The average Bonchev–Trinajstić information content (AvgIpc) is 2.92. The summed E-state index contributed by atoms with van der Waals surface area (Å²) in [6, 6.07) is 7.79. The Hall–Kier alpha value is -2.89. The standard InChI is InChI=1S/C15H11NO5/c1-8-7-12(9(2)20-8)15(19)21-16-13(17)10-5-3-4-6-11(10)14(16)18/h3-7H,1-2H3. The average molecular weight is 285 g/mol. The summed E-state index contributed by atoms with van der Waals surface area (Å²) in [5, 5.41) is 0.481. The maximum Gasteiger partial charge on any atom is 0.367 e. The first-order valence-electron chi connectivity index (χ1n) is 6.26. The van der Waals surface area contributed by atoms with Crippen molar-refractivity contribution in [2.75, 3.05) is 0 Å². The molecule has 0 saturated carbocycles. The second-order valence-electron chi connectivity index (χ2n) is 4.66. The number of hydrogen-bond acceptors (Lipinski definition) is 5. The van der Waals surface area contributed by atoms with E-state index in [0.29, 0.717) is 16.6 Å². The predicted molar refractivity (Wildman–Crippen MR) is 70.5 cm³/mol. The zero-order chi connectivity index (χ0) is 15.1. The number of hydrogen-bond donors (Lipinski definition) is 0. The number of benzene rings is 1. The van der Waals surface area contributed by atoms with E-state index in [4.69, 9.17) is 9.25 Å². The molecule has 0 saturated heterocycles. The Bertz CT molecular complexity index is 739. The molecule has 1 aliphatic heterocycles. The Morgan fingerprint density at radius 3 is 2.14 bits per heavy atom. The Balaban J connectivity index is 1.87. The maximum absolute atomic E-state index is 12.1. The molecule has 6 nitrogen and oxygen atoms in total. The molecular weight excluding hydrogens is 274 g/mol. The van der Waals surface area contributed by atoms with Gasteiger partial charge in [0.15, 0.2) is 0 Å². The van der Waals surface area contributed by atoms with Crippen LogP contribution in [0.15, 0.2) is 34.7 Å². The van der Waals surface area contributed by atoms with Crippen LogP contribution in [0.2, 0.25) is 0 Å². The first kappa shape index (κ1) is 13.1. The van der Waals surface area contributed by atoms with Gasteiger partial charge in [0.2, 0.25) is 0 Å². The SMILES string of the molecule is Cc1cc(C(=O)ON2C(=O)c3ccccc3C2=O)c(C)o1. The van der Waals surface area contributed by atoms with E-state index in [2.05, 4.69) is 0 Å². The number of rotatable bonds is 2. The number of nitrogens with zero attached hydrogens (tertiary/aromatic N) is 1. The molecule has 0 spiro atoms. The van der Waals surface area contributed by atoms with Gasteiger partial charge in [0, 0.05) is 0 Å². The van der Waals surface area contributed by atoms with Crippen LogP contribution < -0.4 is 0 Å². The van der Waals surface area contributed by atoms with E-state index < -0.39 is 17.8 Å². The van der Waals surface area contributed by atoms with Crippen molar-refractivity contribution >= 4 is 17.8 Å². The molecular formula is C15H11NO5. The number of hydroxylamine groups is 2. The zero-order valence-corrected chi connectivity index (χ0v) is 11.4. The number of carbonyl (C=O) groups is 3. The Morgan fingerprint density at radius 2 is 1.67 bits per heavy atom. The lowest BCUT2D eigenvalue weighted by molar-refractivity contribution is -0.0585. The molecule has 0 N–H and O–H groups in total. The summed E-state index contributed by atoms with van der Waals surface area (Å²) in [5.74, 6) is -1.20. The van der Waals surface area contributed by atoms with Crippen molar-refractivity contribution in [3.63, 3.8) is 0 Å². The lowest BCUT2D eigenvalue weighted by Gasteiger charge is -2.11. The van der Waals surface area contributed by atoms with Gasteiger partial charge in [0.05, 0.1) is 11.1 Å². The smallest absolute Gasteiger partial charge is 0.367 e. The van der Waals surface area contributed by atoms with Gasteiger partial charge < -0.3 is 9.25 Å². The zero-order valence-electron chi connectivity index (χ0n) is 11.4. The third kappa shape index (κ3) is 2.01. The van der Waals surface area contributed by atoms with E-state index in [1.165, 1.54) is 18.2 Å². The fourth-order valence-electron chi connectivity index (χ4n) is 2.22. The maximum atomic E-state index is 12.1. The van der Waals surface area contributed by atoms with Gasteiger partial charge in [-0.1, -0.05) is 17.2 Å². The van der Waals surface area contributed by atoms with Crippen LogP contribution in [0.3, 0.4) is 0 Å². The molecule has 2 amide bonds. The van der Waals surface area contributed by atoms with Crippen LogP contribution >= 0.6 is 0 Å². The molecule has 21 heavy (non-hydrogen) atoms. The third-order valence-electron chi connectivity index (χ3n) is 3.19. The number of carbonyl (C=O) groups excluding carboxylic acids is 3. The van der Waals surface area contributed by atoms with Crippen molar-refractivity contribution in [3.05, 3.63) is 58.5 Å². The van der Waals surface area contributed by atoms with Crippen LogP contribution in [-0.4, -0.2) is 22.8 Å². The van der Waals surface area contributed by atoms with E-state index in [-0.39, 0.29) is 16.7 Å². The third-order valence-corrected chi connectivity index (χ3v) is 3.19. The lowest BCUT2D eigenvalue weighted by Crippen LogP contribution is -2.32. The molecule has 0 bridgehead atoms. The highest BCUT2D eigenvalue weighted by Crippen LogP contribution is 2.24. The second-order valence-corrected chi connectivity index (χ2v) is 4.66. The molecule has 0 radical (unpaired) electrons. The van der Waals surface area contributed by atoms with Gasteiger partial charge in [-0.3, -0.25) is 9.59 Å². The molecule has 0 atom stereocenters. The summed E-state index contributed by atoms with van der Waals surface area (Å²) < 4.78 is 5.23. The normalized spacial score (nSPS) is 13.5. The summed E-state index contributed by atoms with van der Waals surface area (Å²) in [6.45, 7) is 3.29. The van der Waals surface area contributed by atoms with Crippen LogP contribution in [0.4, 0.5) is 0 Å². The molecule has 106 valence electrons. The molecule has 3 rings (SSSR count). The summed E-state index contributed by atoms with van der Waals surface area (Å²) >= 11 is 0. The second kappa shape index (κ2) is 4.59. The van der Waals surface area contributed by atoms with Gasteiger partial charge in [-0.2, -0.15) is 0 Å². The highest BCUT2D eigenvalue weighted by Gasteiger charge is 2.39. The number of aryl methyl sites for hydroxylation is 2. The molecule has 2 heterocycles. The lowest BCUT2D eigenvalue weighted by atomic mass is 10.1.